The molecule has 1 aliphatic rings. The number of fused-ring (bicyclic) bond motifs is 2. The zero-order valence-electron chi connectivity index (χ0n) is 25.5. The lowest BCUT2D eigenvalue weighted by atomic mass is 9.88. The van der Waals surface area contributed by atoms with Crippen molar-refractivity contribution in [1.82, 2.24) is 9.55 Å². The maximum Gasteiger partial charge on any atom is 0.309 e. The Kier molecular flexibility index (Phi) is 9.10. The number of carboxylic acid groups (broad SMARTS) is 1. The number of ether oxygens (including phenoxy) is 1. The van der Waals surface area contributed by atoms with Gasteiger partial charge in [-0.2, -0.15) is 0 Å². The fourth-order valence-electron chi connectivity index (χ4n) is 5.17. The Hall–Kier alpha value is -3.48. The summed E-state index contributed by atoms with van der Waals surface area (Å²) in [7, 11) is 0. The van der Waals surface area contributed by atoms with Crippen LogP contribution in [-0.4, -0.2) is 25.4 Å². The van der Waals surface area contributed by atoms with Crippen LogP contribution in [0.2, 0.25) is 0 Å². The van der Waals surface area contributed by atoms with E-state index >= 15 is 0 Å². The van der Waals surface area contributed by atoms with Crippen molar-refractivity contribution in [3.05, 3.63) is 101 Å². The number of allylic oxidation sites excluding steroid dienone is 6. The molecule has 2 aromatic heterocycles. The predicted octanol–water partition coefficient (Wildman–Crippen LogP) is 9.71. The number of thioether (sulfide) groups is 1. The summed E-state index contributed by atoms with van der Waals surface area (Å²) in [5.41, 5.74) is 4.08. The fraction of sp³-hybridized carbons (Fsp3) is 0.333. The topological polar surface area (TPSA) is 64.3 Å². The molecule has 0 saturated heterocycles. The van der Waals surface area contributed by atoms with Crippen LogP contribution < -0.4 is 4.74 Å². The minimum absolute atomic E-state index is 0.0924. The van der Waals surface area contributed by atoms with Crippen LogP contribution in [0.1, 0.15) is 58.8 Å². The molecule has 0 amide bonds. The molecule has 5 rings (SSSR count). The molecule has 0 spiro atoms. The number of benzene rings is 2. The van der Waals surface area contributed by atoms with Gasteiger partial charge in [0.2, 0.25) is 0 Å². The van der Waals surface area contributed by atoms with Crippen molar-refractivity contribution in [1.29, 1.82) is 0 Å². The molecule has 0 unspecified atom stereocenters. The van der Waals surface area contributed by atoms with Crippen molar-refractivity contribution in [3.63, 3.8) is 0 Å². The highest BCUT2D eigenvalue weighted by Gasteiger charge is 2.33. The third-order valence-electron chi connectivity index (χ3n) is 7.44. The van der Waals surface area contributed by atoms with Crippen LogP contribution in [-0.2, 0) is 24.4 Å². The summed E-state index contributed by atoms with van der Waals surface area (Å²) in [6.45, 7) is 11.1. The highest BCUT2D eigenvalue weighted by Crippen LogP contribution is 2.44. The minimum Gasteiger partial charge on any atom is -0.487 e. The number of aliphatic carboxylic acids is 1. The molecule has 0 saturated carbocycles. The van der Waals surface area contributed by atoms with E-state index in [1.165, 1.54) is 0 Å². The van der Waals surface area contributed by atoms with Gasteiger partial charge in [-0.15, -0.1) is 11.8 Å². The van der Waals surface area contributed by atoms with Gasteiger partial charge in [0.25, 0.3) is 0 Å². The largest absolute Gasteiger partial charge is 0.487 e. The van der Waals surface area contributed by atoms with E-state index < -0.39 is 11.4 Å². The van der Waals surface area contributed by atoms with Crippen LogP contribution in [0.25, 0.3) is 21.8 Å². The van der Waals surface area contributed by atoms with Crippen molar-refractivity contribution in [2.75, 3.05) is 0 Å². The van der Waals surface area contributed by atoms with Gasteiger partial charge >= 0.3 is 5.97 Å². The second kappa shape index (κ2) is 12.6. The Morgan fingerprint density at radius 1 is 1.02 bits per heavy atom. The van der Waals surface area contributed by atoms with E-state index in [1.807, 2.05) is 42.5 Å². The molecular formula is C36H39ClN2O3S. The molecule has 0 aliphatic heterocycles. The molecular weight excluding hydrogens is 576 g/mol. The van der Waals surface area contributed by atoms with Crippen LogP contribution in [0.4, 0.5) is 0 Å². The van der Waals surface area contributed by atoms with Gasteiger partial charge < -0.3 is 14.4 Å². The Balaban J connectivity index is 1.58. The number of rotatable bonds is 9. The molecule has 5 nitrogen and oxygen atoms in total. The van der Waals surface area contributed by atoms with Gasteiger partial charge in [-0.3, -0.25) is 4.79 Å². The number of para-hydroxylation sites is 1. The molecule has 0 atom stereocenters. The molecule has 224 valence electrons. The number of aromatic nitrogens is 2. The van der Waals surface area contributed by atoms with E-state index in [9.17, 15) is 9.90 Å². The van der Waals surface area contributed by atoms with E-state index in [4.69, 9.17) is 21.3 Å². The van der Waals surface area contributed by atoms with E-state index in [2.05, 4.69) is 61.8 Å². The highest BCUT2D eigenvalue weighted by atomic mass is 35.5. The third-order valence-corrected chi connectivity index (χ3v) is 8.99. The number of carboxylic acids is 1. The Morgan fingerprint density at radius 2 is 1.79 bits per heavy atom. The van der Waals surface area contributed by atoms with Gasteiger partial charge in [-0.25, -0.2) is 4.98 Å². The lowest BCUT2D eigenvalue weighted by Gasteiger charge is -2.24. The summed E-state index contributed by atoms with van der Waals surface area (Å²) in [5, 5.41) is 13.0. The SMILES string of the molecule is CC(C)(C)Sc1c(CC(C)(C)C(=O)O)n(CC2=C/CCC=C(Cl)/C=C\2)c2ccc(OCc3ccc4ccccc4n3)cc12. The predicted molar refractivity (Wildman–Crippen MR) is 179 cm³/mol. The summed E-state index contributed by atoms with van der Waals surface area (Å²) in [6, 6.07) is 18.3. The van der Waals surface area contributed by atoms with Crippen molar-refractivity contribution in [3.8, 4) is 5.75 Å². The van der Waals surface area contributed by atoms with Gasteiger partial charge in [-0.1, -0.05) is 74.9 Å². The van der Waals surface area contributed by atoms with Crippen molar-refractivity contribution >= 4 is 51.1 Å². The Morgan fingerprint density at radius 3 is 2.56 bits per heavy atom. The van der Waals surface area contributed by atoms with Gasteiger partial charge in [0, 0.05) is 49.6 Å². The molecule has 1 aliphatic carbocycles. The quantitative estimate of drug-likeness (QED) is 0.190. The van der Waals surface area contributed by atoms with Gasteiger partial charge in [-0.05, 0) is 68.7 Å². The molecule has 43 heavy (non-hydrogen) atoms. The molecule has 0 radical (unpaired) electrons. The Bertz CT molecular complexity index is 1760. The summed E-state index contributed by atoms with van der Waals surface area (Å²) in [6.07, 6.45) is 10.5. The lowest BCUT2D eigenvalue weighted by molar-refractivity contribution is -0.146. The highest BCUT2D eigenvalue weighted by molar-refractivity contribution is 8.00. The molecule has 0 fully saturated rings. The standard InChI is InChI=1S/C36H39ClN2O3S/c1-35(2,3)43-33-29-20-28(42-23-27-17-15-25-11-7-9-13-30(25)38-27)18-19-31(29)39(32(33)21-36(4,5)34(40)41)22-24-10-6-8-12-26(37)16-14-24/h7,9-20H,6,8,21-23H2,1-5H3,(H,40,41)/b16-14-,24-10+,26-12?. The molecule has 2 aromatic carbocycles. The molecule has 2 heterocycles. The molecule has 7 heteroatoms. The number of pyridine rings is 1. The Labute approximate surface area is 263 Å². The van der Waals surface area contributed by atoms with Crippen LogP contribution in [0, 0.1) is 5.41 Å². The third kappa shape index (κ3) is 7.54. The van der Waals surface area contributed by atoms with E-state index in [1.54, 1.807) is 25.6 Å². The van der Waals surface area contributed by atoms with Gasteiger partial charge in [0.1, 0.15) is 12.4 Å². The first-order chi connectivity index (χ1) is 20.4. The second-order valence-corrected chi connectivity index (χ2v) is 15.0. The van der Waals surface area contributed by atoms with Crippen LogP contribution in [0.3, 0.4) is 0 Å². The van der Waals surface area contributed by atoms with E-state index in [0.717, 1.165) is 67.3 Å². The summed E-state index contributed by atoms with van der Waals surface area (Å²) in [5.74, 6) is -0.0636. The fourth-order valence-corrected chi connectivity index (χ4v) is 6.53. The van der Waals surface area contributed by atoms with Crippen molar-refractivity contribution in [2.45, 2.75) is 76.7 Å². The van der Waals surface area contributed by atoms with Gasteiger partial charge in [0.15, 0.2) is 0 Å². The monoisotopic (exact) mass is 614 g/mol. The maximum atomic E-state index is 12.3. The zero-order valence-corrected chi connectivity index (χ0v) is 27.1. The second-order valence-electron chi connectivity index (χ2n) is 12.7. The zero-order chi connectivity index (χ0) is 30.8. The normalized spacial score (nSPS) is 16.3. The van der Waals surface area contributed by atoms with Crippen LogP contribution >= 0.6 is 23.4 Å². The van der Waals surface area contributed by atoms with Crippen LogP contribution in [0.15, 0.2) is 94.4 Å². The number of halogens is 1. The average Bonchev–Trinajstić information content (AvgIpc) is 3.20. The first-order valence-electron chi connectivity index (χ1n) is 14.7. The maximum absolute atomic E-state index is 12.3. The van der Waals surface area contributed by atoms with E-state index in [0.29, 0.717) is 19.6 Å². The smallest absolute Gasteiger partial charge is 0.309 e. The van der Waals surface area contributed by atoms with E-state index in [-0.39, 0.29) is 4.75 Å². The van der Waals surface area contributed by atoms with Gasteiger partial charge in [0.05, 0.1) is 16.6 Å². The number of carbonyl (C=O) groups is 1. The molecule has 1 N–H and O–H groups in total. The van der Waals surface area contributed by atoms with Crippen LogP contribution in [0.5, 0.6) is 5.75 Å². The first-order valence-corrected chi connectivity index (χ1v) is 15.9. The first kappa shape index (κ1) is 31.0. The van der Waals surface area contributed by atoms with Crippen molar-refractivity contribution in [2.24, 2.45) is 5.41 Å². The summed E-state index contributed by atoms with van der Waals surface area (Å²) < 4.78 is 8.49. The number of hydrogen-bond acceptors (Lipinski definition) is 4. The summed E-state index contributed by atoms with van der Waals surface area (Å²) >= 11 is 8.14. The molecule has 4 aromatic rings. The molecule has 0 bridgehead atoms. The summed E-state index contributed by atoms with van der Waals surface area (Å²) in [4.78, 5) is 18.2. The van der Waals surface area contributed by atoms with Crippen molar-refractivity contribution < 1.29 is 14.6 Å². The number of nitrogens with zero attached hydrogens (tertiary/aromatic N) is 2. The lowest BCUT2D eigenvalue weighted by Crippen LogP contribution is -2.28. The number of hydrogen-bond donors (Lipinski definition) is 1. The average molecular weight is 615 g/mol. The minimum atomic E-state index is -0.947.